The van der Waals surface area contributed by atoms with E-state index in [4.69, 9.17) is 14.0 Å². The number of nitrogens with zero attached hydrogens (tertiary/aromatic N) is 2. The molecule has 0 aliphatic carbocycles. The van der Waals surface area contributed by atoms with Crippen LogP contribution in [-0.4, -0.2) is 55.4 Å². The number of aromatic nitrogens is 1. The quantitative estimate of drug-likeness (QED) is 0.531. The summed E-state index contributed by atoms with van der Waals surface area (Å²) < 4.78 is 16.6. The number of ether oxygens (including phenoxy) is 2. The van der Waals surface area contributed by atoms with Gasteiger partial charge in [-0.3, -0.25) is 9.69 Å². The van der Waals surface area contributed by atoms with E-state index in [-0.39, 0.29) is 11.7 Å². The van der Waals surface area contributed by atoms with Crippen LogP contribution in [-0.2, 0) is 11.3 Å². The van der Waals surface area contributed by atoms with Gasteiger partial charge in [0.25, 0.3) is 5.91 Å². The predicted octanol–water partition coefficient (Wildman–Crippen LogP) is 4.07. The minimum atomic E-state index is -0.301. The molecule has 2 heterocycles. The molecular formula is C26H31N3O4. The van der Waals surface area contributed by atoms with Crippen molar-refractivity contribution in [3.8, 4) is 17.0 Å². The maximum absolute atomic E-state index is 12.5. The first-order valence-electron chi connectivity index (χ1n) is 11.4. The summed E-state index contributed by atoms with van der Waals surface area (Å²) in [5, 5.41) is 6.91. The van der Waals surface area contributed by atoms with Crippen LogP contribution >= 0.6 is 0 Å². The molecule has 0 unspecified atom stereocenters. The summed E-state index contributed by atoms with van der Waals surface area (Å²) in [4.78, 5) is 14.9. The highest BCUT2D eigenvalue weighted by Gasteiger charge is 2.18. The first kappa shape index (κ1) is 23.0. The van der Waals surface area contributed by atoms with Crippen molar-refractivity contribution < 1.29 is 18.8 Å². The van der Waals surface area contributed by atoms with Crippen LogP contribution in [0.25, 0.3) is 11.3 Å². The van der Waals surface area contributed by atoms with E-state index >= 15 is 0 Å². The molecule has 3 aromatic rings. The Bertz CT molecular complexity index is 1040. The second-order valence-corrected chi connectivity index (χ2v) is 8.45. The third-order valence-electron chi connectivity index (χ3n) is 5.96. The Morgan fingerprint density at radius 1 is 1.15 bits per heavy atom. The smallest absolute Gasteiger partial charge is 0.290 e. The van der Waals surface area contributed by atoms with Crippen molar-refractivity contribution in [3.05, 3.63) is 71.5 Å². The second kappa shape index (κ2) is 11.1. The normalized spacial score (nSPS) is 14.4. The van der Waals surface area contributed by atoms with Gasteiger partial charge in [-0.15, -0.1) is 0 Å². The number of carbonyl (C=O) groups is 1. The van der Waals surface area contributed by atoms with Crippen molar-refractivity contribution in [2.24, 2.45) is 0 Å². The summed E-state index contributed by atoms with van der Waals surface area (Å²) in [5.74, 6) is 0.683. The van der Waals surface area contributed by atoms with Gasteiger partial charge in [0.2, 0.25) is 5.76 Å². The van der Waals surface area contributed by atoms with Gasteiger partial charge in [-0.05, 0) is 44.5 Å². The van der Waals surface area contributed by atoms with Crippen molar-refractivity contribution in [1.82, 2.24) is 15.4 Å². The Kier molecular flexibility index (Phi) is 7.75. The zero-order valence-electron chi connectivity index (χ0n) is 19.3. The fourth-order valence-corrected chi connectivity index (χ4v) is 3.87. The molecule has 1 amide bonds. The van der Waals surface area contributed by atoms with Gasteiger partial charge in [-0.25, -0.2) is 0 Å². The van der Waals surface area contributed by atoms with Gasteiger partial charge in [-0.1, -0.05) is 47.1 Å². The molecule has 33 heavy (non-hydrogen) atoms. The van der Waals surface area contributed by atoms with Gasteiger partial charge in [-0.2, -0.15) is 0 Å². The SMILES string of the molecule is Cc1ccc(-c2cc(C(=O)NCc3cccc(OCCN(C)C4CCOCC4)c3)on2)cc1. The average Bonchev–Trinajstić information content (AvgIpc) is 3.34. The number of benzene rings is 2. The van der Waals surface area contributed by atoms with E-state index in [1.165, 1.54) is 0 Å². The number of aryl methyl sites for hydroxylation is 1. The molecule has 7 heteroatoms. The molecule has 0 atom stereocenters. The van der Waals surface area contributed by atoms with Crippen molar-refractivity contribution in [2.75, 3.05) is 33.4 Å². The summed E-state index contributed by atoms with van der Waals surface area (Å²) in [5.41, 5.74) is 3.67. The Balaban J connectivity index is 1.25. The lowest BCUT2D eigenvalue weighted by Crippen LogP contribution is -2.38. The molecule has 1 N–H and O–H groups in total. The zero-order chi connectivity index (χ0) is 23.0. The van der Waals surface area contributed by atoms with Crippen LogP contribution in [0.1, 0.15) is 34.5 Å². The van der Waals surface area contributed by atoms with Crippen molar-refractivity contribution in [1.29, 1.82) is 0 Å². The molecule has 0 saturated carbocycles. The van der Waals surface area contributed by atoms with Gasteiger partial charge < -0.3 is 19.3 Å². The number of amides is 1. The van der Waals surface area contributed by atoms with E-state index in [1.807, 2.05) is 55.5 Å². The maximum Gasteiger partial charge on any atom is 0.290 e. The Labute approximate surface area is 194 Å². The summed E-state index contributed by atoms with van der Waals surface area (Å²) in [6.45, 7) is 5.55. The Morgan fingerprint density at radius 2 is 1.94 bits per heavy atom. The Morgan fingerprint density at radius 3 is 2.73 bits per heavy atom. The van der Waals surface area contributed by atoms with Gasteiger partial charge in [0.15, 0.2) is 0 Å². The zero-order valence-corrected chi connectivity index (χ0v) is 19.3. The topological polar surface area (TPSA) is 76.8 Å². The van der Waals surface area contributed by atoms with Crippen LogP contribution in [0, 0.1) is 6.92 Å². The molecule has 1 aliphatic heterocycles. The largest absolute Gasteiger partial charge is 0.492 e. The highest BCUT2D eigenvalue weighted by molar-refractivity contribution is 5.92. The number of hydrogen-bond acceptors (Lipinski definition) is 6. The first-order valence-corrected chi connectivity index (χ1v) is 11.4. The van der Waals surface area contributed by atoms with Gasteiger partial charge in [0, 0.05) is 44.0 Å². The number of carbonyl (C=O) groups excluding carboxylic acids is 1. The van der Waals surface area contributed by atoms with Crippen molar-refractivity contribution in [2.45, 2.75) is 32.4 Å². The van der Waals surface area contributed by atoms with Crippen LogP contribution in [0.2, 0.25) is 0 Å². The fraction of sp³-hybridized carbons (Fsp3) is 0.385. The molecule has 2 aromatic carbocycles. The molecule has 1 aliphatic rings. The van der Waals surface area contributed by atoms with Crippen LogP contribution < -0.4 is 10.1 Å². The molecule has 4 rings (SSSR count). The standard InChI is InChI=1S/C26H31N3O4/c1-19-6-8-21(9-7-19)24-17-25(33-28-24)26(30)27-18-20-4-3-5-23(16-20)32-15-12-29(2)22-10-13-31-14-11-22/h3-9,16-17,22H,10-15,18H2,1-2H3,(H,27,30). The number of likely N-dealkylation sites (N-methyl/N-ethyl adjacent to an activating group) is 1. The monoisotopic (exact) mass is 449 g/mol. The number of rotatable bonds is 9. The predicted molar refractivity (Wildman–Crippen MR) is 126 cm³/mol. The number of nitrogens with one attached hydrogen (secondary N) is 1. The molecule has 0 spiro atoms. The van der Waals surface area contributed by atoms with Gasteiger partial charge in [0.05, 0.1) is 0 Å². The summed E-state index contributed by atoms with van der Waals surface area (Å²) in [6, 6.07) is 17.9. The highest BCUT2D eigenvalue weighted by atomic mass is 16.5. The van der Waals surface area contributed by atoms with E-state index < -0.39 is 0 Å². The summed E-state index contributed by atoms with van der Waals surface area (Å²) in [6.07, 6.45) is 2.15. The molecule has 0 bridgehead atoms. The lowest BCUT2D eigenvalue weighted by molar-refractivity contribution is 0.0392. The molecule has 1 aromatic heterocycles. The van der Waals surface area contributed by atoms with E-state index in [1.54, 1.807) is 6.07 Å². The van der Waals surface area contributed by atoms with E-state index in [0.717, 1.165) is 55.0 Å². The van der Waals surface area contributed by atoms with E-state index in [0.29, 0.717) is 24.9 Å². The molecule has 0 radical (unpaired) electrons. The third-order valence-corrected chi connectivity index (χ3v) is 5.96. The average molecular weight is 450 g/mol. The number of hydrogen-bond donors (Lipinski definition) is 1. The van der Waals surface area contributed by atoms with Crippen LogP contribution in [0.4, 0.5) is 0 Å². The van der Waals surface area contributed by atoms with E-state index in [9.17, 15) is 4.79 Å². The lowest BCUT2D eigenvalue weighted by atomic mass is 10.1. The molecule has 1 saturated heterocycles. The molecule has 7 nitrogen and oxygen atoms in total. The molecule has 174 valence electrons. The Hall–Kier alpha value is -3.16. The lowest BCUT2D eigenvalue weighted by Gasteiger charge is -2.31. The fourth-order valence-electron chi connectivity index (χ4n) is 3.87. The minimum Gasteiger partial charge on any atom is -0.492 e. The molecule has 1 fully saturated rings. The van der Waals surface area contributed by atoms with Crippen LogP contribution in [0.15, 0.2) is 59.1 Å². The van der Waals surface area contributed by atoms with Crippen LogP contribution in [0.3, 0.4) is 0 Å². The summed E-state index contributed by atoms with van der Waals surface area (Å²) >= 11 is 0. The van der Waals surface area contributed by atoms with E-state index in [2.05, 4.69) is 22.4 Å². The first-order chi connectivity index (χ1) is 16.1. The maximum atomic E-state index is 12.5. The van der Waals surface area contributed by atoms with Gasteiger partial charge >= 0.3 is 0 Å². The molecular weight excluding hydrogens is 418 g/mol. The van der Waals surface area contributed by atoms with Crippen molar-refractivity contribution in [3.63, 3.8) is 0 Å². The van der Waals surface area contributed by atoms with Gasteiger partial charge in [0.1, 0.15) is 18.1 Å². The third kappa shape index (κ3) is 6.43. The summed E-state index contributed by atoms with van der Waals surface area (Å²) in [7, 11) is 2.14. The minimum absolute atomic E-state index is 0.189. The van der Waals surface area contributed by atoms with Crippen LogP contribution in [0.5, 0.6) is 5.75 Å². The van der Waals surface area contributed by atoms with Crippen molar-refractivity contribution >= 4 is 5.91 Å². The second-order valence-electron chi connectivity index (χ2n) is 8.45. The highest BCUT2D eigenvalue weighted by Crippen LogP contribution is 2.20.